The molecule has 0 aliphatic carbocycles. The predicted molar refractivity (Wildman–Crippen MR) is 86.7 cm³/mol. The average molecular weight is 295 g/mol. The van der Waals surface area contributed by atoms with E-state index in [1.807, 2.05) is 12.1 Å². The number of rotatable bonds is 4. The van der Waals surface area contributed by atoms with Crippen molar-refractivity contribution in [3.63, 3.8) is 0 Å². The van der Waals surface area contributed by atoms with Crippen molar-refractivity contribution in [1.29, 1.82) is 0 Å². The topological polar surface area (TPSA) is 59.3 Å². The molecule has 1 aromatic heterocycles. The zero-order chi connectivity index (χ0) is 15.9. The number of aromatic nitrogens is 1. The number of nitrogens with zero attached hydrogens (tertiary/aromatic N) is 1. The number of fused-ring (bicyclic) bond motifs is 3. The van der Waals surface area contributed by atoms with Gasteiger partial charge >= 0.3 is 5.97 Å². The van der Waals surface area contributed by atoms with E-state index in [0.717, 1.165) is 29.4 Å². The number of aryl methyl sites for hydroxylation is 1. The van der Waals surface area contributed by atoms with Crippen LogP contribution in [0.15, 0.2) is 36.4 Å². The summed E-state index contributed by atoms with van der Waals surface area (Å²) in [6.07, 6.45) is 0.949. The number of carboxylic acids is 1. The molecule has 112 valence electrons. The molecular formula is C18H17NO3. The summed E-state index contributed by atoms with van der Waals surface area (Å²) in [4.78, 5) is 23.2. The lowest BCUT2D eigenvalue weighted by atomic mass is 10.0. The lowest BCUT2D eigenvalue weighted by Crippen LogP contribution is -1.98. The second-order valence-corrected chi connectivity index (χ2v) is 5.44. The minimum atomic E-state index is -0.950. The fourth-order valence-electron chi connectivity index (χ4n) is 3.01. The Kier molecular flexibility index (Phi) is 3.45. The molecule has 4 heteroatoms. The Balaban J connectivity index is 2.50. The van der Waals surface area contributed by atoms with Crippen LogP contribution < -0.4 is 0 Å². The van der Waals surface area contributed by atoms with Crippen LogP contribution in [0.2, 0.25) is 0 Å². The van der Waals surface area contributed by atoms with Crippen molar-refractivity contribution >= 4 is 33.6 Å². The van der Waals surface area contributed by atoms with Crippen LogP contribution in [0.3, 0.4) is 0 Å². The summed E-state index contributed by atoms with van der Waals surface area (Å²) in [6, 6.07) is 10.8. The van der Waals surface area contributed by atoms with E-state index >= 15 is 0 Å². The molecule has 0 aliphatic heterocycles. The highest BCUT2D eigenvalue weighted by Gasteiger charge is 2.17. The summed E-state index contributed by atoms with van der Waals surface area (Å²) in [5.41, 5.74) is 2.74. The first kappa shape index (κ1) is 14.3. The number of carboxylic acid groups (broad SMARTS) is 1. The first-order valence-corrected chi connectivity index (χ1v) is 7.33. The van der Waals surface area contributed by atoms with E-state index in [9.17, 15) is 14.7 Å². The van der Waals surface area contributed by atoms with Gasteiger partial charge in [0.15, 0.2) is 5.78 Å². The largest absolute Gasteiger partial charge is 0.478 e. The van der Waals surface area contributed by atoms with Crippen LogP contribution in [0.4, 0.5) is 0 Å². The summed E-state index contributed by atoms with van der Waals surface area (Å²) >= 11 is 0. The third-order valence-corrected chi connectivity index (χ3v) is 3.97. The maximum atomic E-state index is 11.7. The number of ketones is 1. The molecule has 0 fully saturated rings. The maximum absolute atomic E-state index is 11.7. The minimum Gasteiger partial charge on any atom is -0.478 e. The van der Waals surface area contributed by atoms with Gasteiger partial charge in [-0.05, 0) is 43.7 Å². The van der Waals surface area contributed by atoms with Gasteiger partial charge in [-0.15, -0.1) is 0 Å². The van der Waals surface area contributed by atoms with Crippen molar-refractivity contribution in [3.8, 4) is 0 Å². The molecule has 3 rings (SSSR count). The van der Waals surface area contributed by atoms with Crippen molar-refractivity contribution in [2.45, 2.75) is 26.8 Å². The summed E-state index contributed by atoms with van der Waals surface area (Å²) in [5, 5.41) is 11.0. The molecule has 0 bridgehead atoms. The number of Topliss-reactive ketones (excluding diaryl/α,β-unsaturated/α-hetero) is 1. The van der Waals surface area contributed by atoms with Gasteiger partial charge in [0.1, 0.15) is 0 Å². The van der Waals surface area contributed by atoms with Gasteiger partial charge in [0.2, 0.25) is 0 Å². The summed E-state index contributed by atoms with van der Waals surface area (Å²) in [6.45, 7) is 4.41. The highest BCUT2D eigenvalue weighted by molar-refractivity contribution is 6.17. The van der Waals surface area contributed by atoms with Gasteiger partial charge in [0.25, 0.3) is 0 Å². The predicted octanol–water partition coefficient (Wildman–Crippen LogP) is 4.11. The van der Waals surface area contributed by atoms with Gasteiger partial charge in [-0.3, -0.25) is 4.79 Å². The second-order valence-electron chi connectivity index (χ2n) is 5.44. The van der Waals surface area contributed by atoms with E-state index in [1.165, 1.54) is 6.92 Å². The summed E-state index contributed by atoms with van der Waals surface area (Å²) < 4.78 is 2.13. The van der Waals surface area contributed by atoms with E-state index < -0.39 is 5.97 Å². The van der Waals surface area contributed by atoms with Crippen LogP contribution in [0.1, 0.15) is 41.0 Å². The molecule has 0 radical (unpaired) electrons. The fourth-order valence-corrected chi connectivity index (χ4v) is 3.01. The SMILES string of the molecule is CCCn1c2ccc(C(C)=O)cc2c2c(C(=O)O)cccc21. The Morgan fingerprint density at radius 3 is 2.55 bits per heavy atom. The molecule has 3 aromatic rings. The number of hydrogen-bond donors (Lipinski definition) is 1. The number of hydrogen-bond acceptors (Lipinski definition) is 2. The number of carbonyl (C=O) groups is 2. The molecule has 2 aromatic carbocycles. The first-order valence-electron chi connectivity index (χ1n) is 7.33. The van der Waals surface area contributed by atoms with E-state index in [2.05, 4.69) is 11.5 Å². The zero-order valence-corrected chi connectivity index (χ0v) is 12.6. The quantitative estimate of drug-likeness (QED) is 0.737. The first-order chi connectivity index (χ1) is 10.5. The molecule has 0 saturated heterocycles. The highest BCUT2D eigenvalue weighted by Crippen LogP contribution is 2.32. The van der Waals surface area contributed by atoms with Crippen molar-refractivity contribution in [2.24, 2.45) is 0 Å². The van der Waals surface area contributed by atoms with Crippen LogP contribution in [-0.4, -0.2) is 21.4 Å². The Morgan fingerprint density at radius 1 is 1.14 bits per heavy atom. The van der Waals surface area contributed by atoms with Gasteiger partial charge in [-0.2, -0.15) is 0 Å². The summed E-state index contributed by atoms with van der Waals surface area (Å²) in [5.74, 6) is -0.972. The van der Waals surface area contributed by atoms with Crippen molar-refractivity contribution < 1.29 is 14.7 Å². The molecule has 22 heavy (non-hydrogen) atoms. The standard InChI is InChI=1S/C18H17NO3/c1-3-9-19-15-8-7-12(11(2)20)10-14(15)17-13(18(21)22)5-4-6-16(17)19/h4-8,10H,3,9H2,1-2H3,(H,21,22). The molecule has 1 heterocycles. The molecule has 0 saturated carbocycles. The van der Waals surface area contributed by atoms with Crippen molar-refractivity contribution in [3.05, 3.63) is 47.5 Å². The van der Waals surface area contributed by atoms with Crippen LogP contribution in [-0.2, 0) is 6.54 Å². The number of benzene rings is 2. The Labute approximate surface area is 128 Å². The minimum absolute atomic E-state index is 0.0221. The molecule has 0 aliphatic rings. The fraction of sp³-hybridized carbons (Fsp3) is 0.222. The van der Waals surface area contributed by atoms with E-state index in [4.69, 9.17) is 0 Å². The van der Waals surface area contributed by atoms with Gasteiger partial charge in [-0.1, -0.05) is 13.0 Å². The van der Waals surface area contributed by atoms with Gasteiger partial charge in [0, 0.05) is 33.9 Å². The van der Waals surface area contributed by atoms with E-state index in [1.54, 1.807) is 24.3 Å². The zero-order valence-electron chi connectivity index (χ0n) is 12.6. The van der Waals surface area contributed by atoms with Crippen LogP contribution in [0.5, 0.6) is 0 Å². The van der Waals surface area contributed by atoms with Crippen molar-refractivity contribution in [2.75, 3.05) is 0 Å². The van der Waals surface area contributed by atoms with Gasteiger partial charge in [0.05, 0.1) is 5.56 Å². The van der Waals surface area contributed by atoms with E-state index in [-0.39, 0.29) is 11.3 Å². The van der Waals surface area contributed by atoms with Crippen LogP contribution in [0.25, 0.3) is 21.8 Å². The van der Waals surface area contributed by atoms with Gasteiger partial charge in [-0.25, -0.2) is 4.79 Å². The number of carbonyl (C=O) groups excluding carboxylic acids is 1. The second kappa shape index (κ2) is 5.30. The maximum Gasteiger partial charge on any atom is 0.336 e. The lowest BCUT2D eigenvalue weighted by molar-refractivity contribution is 0.0699. The summed E-state index contributed by atoms with van der Waals surface area (Å²) in [7, 11) is 0. The highest BCUT2D eigenvalue weighted by atomic mass is 16.4. The van der Waals surface area contributed by atoms with E-state index in [0.29, 0.717) is 10.9 Å². The smallest absolute Gasteiger partial charge is 0.336 e. The Bertz CT molecular complexity index is 905. The third kappa shape index (κ3) is 2.08. The molecule has 0 amide bonds. The molecule has 0 atom stereocenters. The monoisotopic (exact) mass is 295 g/mol. The molecular weight excluding hydrogens is 278 g/mol. The van der Waals surface area contributed by atoms with Crippen LogP contribution >= 0.6 is 0 Å². The average Bonchev–Trinajstić information content (AvgIpc) is 2.81. The molecule has 1 N–H and O–H groups in total. The third-order valence-electron chi connectivity index (χ3n) is 3.97. The lowest BCUT2D eigenvalue weighted by Gasteiger charge is -2.05. The van der Waals surface area contributed by atoms with Gasteiger partial charge < -0.3 is 9.67 Å². The van der Waals surface area contributed by atoms with Crippen molar-refractivity contribution in [1.82, 2.24) is 4.57 Å². The molecule has 0 unspecified atom stereocenters. The molecule has 0 spiro atoms. The van der Waals surface area contributed by atoms with Crippen LogP contribution in [0, 0.1) is 0 Å². The normalized spacial score (nSPS) is 11.2. The number of aromatic carboxylic acids is 1. The Hall–Kier alpha value is -2.62. The Morgan fingerprint density at radius 2 is 1.91 bits per heavy atom. The molecule has 4 nitrogen and oxygen atoms in total.